The summed E-state index contributed by atoms with van der Waals surface area (Å²) in [5.74, 6) is -0.231. The van der Waals surface area contributed by atoms with Crippen molar-refractivity contribution in [3.63, 3.8) is 0 Å². The summed E-state index contributed by atoms with van der Waals surface area (Å²) in [7, 11) is 1.69. The van der Waals surface area contributed by atoms with E-state index in [9.17, 15) is 19.7 Å². The maximum Gasteiger partial charge on any atom is 0.269 e. The van der Waals surface area contributed by atoms with E-state index in [4.69, 9.17) is 23.2 Å². The van der Waals surface area contributed by atoms with Crippen LogP contribution in [-0.2, 0) is 23.1 Å². The lowest BCUT2D eigenvalue weighted by Crippen LogP contribution is -2.17. The Morgan fingerprint density at radius 1 is 1.09 bits per heavy atom. The number of benzene rings is 2. The Balaban J connectivity index is 1.54. The molecular formula is C19H16Cl2N6O4S. The first-order chi connectivity index (χ1) is 15.2. The number of hydrogen-bond donors (Lipinski definition) is 2. The van der Waals surface area contributed by atoms with Gasteiger partial charge in [0.05, 0.1) is 32.8 Å². The minimum Gasteiger partial charge on any atom is -0.325 e. The number of nitro groups is 1. The van der Waals surface area contributed by atoms with Crippen LogP contribution in [0.25, 0.3) is 0 Å². The maximum absolute atomic E-state index is 12.3. The fourth-order valence-corrected chi connectivity index (χ4v) is 3.63. The topological polar surface area (TPSA) is 132 Å². The van der Waals surface area contributed by atoms with Gasteiger partial charge >= 0.3 is 0 Å². The van der Waals surface area contributed by atoms with Crippen LogP contribution >= 0.6 is 35.0 Å². The molecule has 10 nitrogen and oxygen atoms in total. The summed E-state index contributed by atoms with van der Waals surface area (Å²) in [6, 6.07) is 10.4. The Labute approximate surface area is 196 Å². The number of thioether (sulfide) groups is 1. The molecule has 32 heavy (non-hydrogen) atoms. The van der Waals surface area contributed by atoms with Crippen LogP contribution in [0.15, 0.2) is 47.6 Å². The summed E-state index contributed by atoms with van der Waals surface area (Å²) in [6.45, 7) is 0. The predicted molar refractivity (Wildman–Crippen MR) is 122 cm³/mol. The third kappa shape index (κ3) is 5.96. The fraction of sp³-hybridized carbons (Fsp3) is 0.158. The van der Waals surface area contributed by atoms with Gasteiger partial charge in [0, 0.05) is 24.9 Å². The van der Waals surface area contributed by atoms with Crippen molar-refractivity contribution in [2.75, 3.05) is 16.4 Å². The van der Waals surface area contributed by atoms with Crippen LogP contribution in [0.3, 0.4) is 0 Å². The van der Waals surface area contributed by atoms with Crippen molar-refractivity contribution >= 4 is 63.8 Å². The van der Waals surface area contributed by atoms with E-state index in [1.165, 1.54) is 24.3 Å². The SMILES string of the molecule is Cn1c(CC(=O)Nc2cccc(Cl)c2Cl)nnc1SCC(=O)Nc1ccc([N+](=O)[O-])cc1. The number of rotatable bonds is 8. The van der Waals surface area contributed by atoms with Crippen molar-refractivity contribution < 1.29 is 14.5 Å². The number of anilines is 2. The lowest BCUT2D eigenvalue weighted by molar-refractivity contribution is -0.384. The first kappa shape index (κ1) is 23.5. The van der Waals surface area contributed by atoms with Crippen LogP contribution in [0.2, 0.25) is 10.0 Å². The largest absolute Gasteiger partial charge is 0.325 e. The van der Waals surface area contributed by atoms with Crippen molar-refractivity contribution in [2.45, 2.75) is 11.6 Å². The predicted octanol–water partition coefficient (Wildman–Crippen LogP) is 3.94. The average molecular weight is 495 g/mol. The van der Waals surface area contributed by atoms with Crippen molar-refractivity contribution in [2.24, 2.45) is 7.05 Å². The van der Waals surface area contributed by atoms with Gasteiger partial charge in [0.15, 0.2) is 5.16 Å². The summed E-state index contributed by atoms with van der Waals surface area (Å²) >= 11 is 13.2. The highest BCUT2D eigenvalue weighted by Crippen LogP contribution is 2.29. The molecule has 0 spiro atoms. The Hall–Kier alpha value is -3.15. The van der Waals surface area contributed by atoms with Crippen LogP contribution in [-0.4, -0.2) is 37.3 Å². The molecule has 0 aliphatic carbocycles. The second-order valence-corrected chi connectivity index (χ2v) is 8.15. The van der Waals surface area contributed by atoms with E-state index >= 15 is 0 Å². The molecule has 3 rings (SSSR count). The van der Waals surface area contributed by atoms with E-state index in [1.54, 1.807) is 29.8 Å². The second-order valence-electron chi connectivity index (χ2n) is 6.42. The number of nitrogens with zero attached hydrogens (tertiary/aromatic N) is 4. The molecule has 0 saturated carbocycles. The zero-order valence-electron chi connectivity index (χ0n) is 16.5. The summed E-state index contributed by atoms with van der Waals surface area (Å²) in [6.07, 6.45) is -0.0537. The molecule has 2 amide bonds. The van der Waals surface area contributed by atoms with Gasteiger partial charge in [-0.2, -0.15) is 0 Å². The van der Waals surface area contributed by atoms with Crippen LogP contribution in [0.4, 0.5) is 17.1 Å². The molecule has 2 aromatic carbocycles. The number of hydrogen-bond acceptors (Lipinski definition) is 7. The minimum atomic E-state index is -0.517. The number of carbonyl (C=O) groups excluding carboxylic acids is 2. The monoisotopic (exact) mass is 494 g/mol. The molecule has 2 N–H and O–H groups in total. The molecule has 0 unspecified atom stereocenters. The van der Waals surface area contributed by atoms with Gasteiger partial charge in [-0.1, -0.05) is 41.0 Å². The van der Waals surface area contributed by atoms with Gasteiger partial charge in [0.1, 0.15) is 5.82 Å². The number of halogens is 2. The summed E-state index contributed by atoms with van der Waals surface area (Å²) < 4.78 is 1.61. The molecule has 166 valence electrons. The van der Waals surface area contributed by atoms with E-state index in [-0.39, 0.29) is 34.7 Å². The number of nitrogens with one attached hydrogen (secondary N) is 2. The number of nitro benzene ring substituents is 1. The lowest BCUT2D eigenvalue weighted by Gasteiger charge is -2.08. The van der Waals surface area contributed by atoms with Gasteiger partial charge in [0.25, 0.3) is 5.69 Å². The molecule has 0 aliphatic heterocycles. The molecule has 0 fully saturated rings. The standard InChI is InChI=1S/C19H16Cl2N6O4S/c1-26-15(9-16(28)23-14-4-2-3-13(20)18(14)21)24-25-19(26)32-10-17(29)22-11-5-7-12(8-6-11)27(30)31/h2-8H,9-10H2,1H3,(H,22,29)(H,23,28). The Kier molecular flexibility index (Phi) is 7.67. The third-order valence-corrected chi connectivity index (χ3v) is 6.00. The molecule has 0 aliphatic rings. The van der Waals surface area contributed by atoms with Crippen molar-refractivity contribution in [1.82, 2.24) is 14.8 Å². The molecule has 0 bridgehead atoms. The number of aromatic nitrogens is 3. The van der Waals surface area contributed by atoms with Gasteiger partial charge in [0.2, 0.25) is 11.8 Å². The van der Waals surface area contributed by atoms with Gasteiger partial charge in [-0.15, -0.1) is 10.2 Å². The second kappa shape index (κ2) is 10.4. The molecule has 0 atom stereocenters. The minimum absolute atomic E-state index is 0.0350. The highest BCUT2D eigenvalue weighted by atomic mass is 35.5. The van der Waals surface area contributed by atoms with Crippen molar-refractivity contribution in [3.05, 3.63) is 68.4 Å². The Morgan fingerprint density at radius 3 is 2.50 bits per heavy atom. The van der Waals surface area contributed by atoms with E-state index in [0.29, 0.717) is 27.4 Å². The summed E-state index contributed by atoms with van der Waals surface area (Å²) in [4.78, 5) is 34.6. The smallest absolute Gasteiger partial charge is 0.269 e. The van der Waals surface area contributed by atoms with Gasteiger partial charge < -0.3 is 15.2 Å². The zero-order chi connectivity index (χ0) is 23.3. The molecule has 1 heterocycles. The van der Waals surface area contributed by atoms with E-state index in [1.807, 2.05) is 0 Å². The van der Waals surface area contributed by atoms with Crippen LogP contribution < -0.4 is 10.6 Å². The molecule has 0 radical (unpaired) electrons. The fourth-order valence-electron chi connectivity index (χ4n) is 2.56. The van der Waals surface area contributed by atoms with Gasteiger partial charge in [-0.3, -0.25) is 19.7 Å². The maximum atomic E-state index is 12.3. The van der Waals surface area contributed by atoms with E-state index < -0.39 is 4.92 Å². The van der Waals surface area contributed by atoms with Crippen molar-refractivity contribution in [1.29, 1.82) is 0 Å². The molecular weight excluding hydrogens is 479 g/mol. The molecule has 13 heteroatoms. The quantitative estimate of drug-likeness (QED) is 0.275. The van der Waals surface area contributed by atoms with Crippen LogP contribution in [0.5, 0.6) is 0 Å². The van der Waals surface area contributed by atoms with Crippen LogP contribution in [0.1, 0.15) is 5.82 Å². The zero-order valence-corrected chi connectivity index (χ0v) is 18.9. The van der Waals surface area contributed by atoms with Gasteiger partial charge in [-0.05, 0) is 24.3 Å². The number of carbonyl (C=O) groups is 2. The number of non-ortho nitro benzene ring substituents is 1. The van der Waals surface area contributed by atoms with Crippen LogP contribution in [0, 0.1) is 10.1 Å². The summed E-state index contributed by atoms with van der Waals surface area (Å²) in [5.41, 5.74) is 0.769. The third-order valence-electron chi connectivity index (χ3n) is 4.16. The number of amides is 2. The van der Waals surface area contributed by atoms with Gasteiger partial charge in [-0.25, -0.2) is 0 Å². The lowest BCUT2D eigenvalue weighted by atomic mass is 10.3. The molecule has 0 saturated heterocycles. The highest BCUT2D eigenvalue weighted by Gasteiger charge is 2.16. The molecule has 1 aromatic heterocycles. The average Bonchev–Trinajstić information content (AvgIpc) is 3.09. The Bertz CT molecular complexity index is 1170. The van der Waals surface area contributed by atoms with E-state index in [0.717, 1.165) is 11.8 Å². The normalized spacial score (nSPS) is 10.6. The Morgan fingerprint density at radius 2 is 1.81 bits per heavy atom. The van der Waals surface area contributed by atoms with E-state index in [2.05, 4.69) is 20.8 Å². The first-order valence-corrected chi connectivity index (χ1v) is 10.8. The molecule has 3 aromatic rings. The first-order valence-electron chi connectivity index (χ1n) is 9.04. The van der Waals surface area contributed by atoms with Crippen molar-refractivity contribution in [3.8, 4) is 0 Å². The summed E-state index contributed by atoms with van der Waals surface area (Å²) in [5, 5.41) is 25.0. The highest BCUT2D eigenvalue weighted by molar-refractivity contribution is 7.99.